The number of halogens is 1. The molecular weight excluding hydrogens is 421 g/mol. The van der Waals surface area contributed by atoms with Gasteiger partial charge in [0, 0.05) is 24.7 Å². The molecular formula is C26H32FN3O3. The Morgan fingerprint density at radius 1 is 1.00 bits per heavy atom. The molecule has 2 atom stereocenters. The number of nitrogens with one attached hydrogen (secondary N) is 2. The van der Waals surface area contributed by atoms with Gasteiger partial charge in [0.05, 0.1) is 5.56 Å². The molecule has 1 fully saturated rings. The van der Waals surface area contributed by atoms with E-state index in [2.05, 4.69) is 10.6 Å². The molecule has 2 aromatic carbocycles. The van der Waals surface area contributed by atoms with Crippen LogP contribution in [-0.2, 0) is 4.79 Å². The number of piperidine rings is 1. The normalized spacial score (nSPS) is 16.1. The molecule has 33 heavy (non-hydrogen) atoms. The molecule has 1 aliphatic rings. The Kier molecular flexibility index (Phi) is 8.20. The average Bonchev–Trinajstić information content (AvgIpc) is 2.82. The second kappa shape index (κ2) is 11.1. The molecule has 1 heterocycles. The average molecular weight is 454 g/mol. The molecule has 0 aromatic heterocycles. The first kappa shape index (κ1) is 24.4. The number of benzene rings is 2. The smallest absolute Gasteiger partial charge is 0.256 e. The summed E-state index contributed by atoms with van der Waals surface area (Å²) in [5.74, 6) is -1.53. The molecule has 1 aliphatic heterocycles. The van der Waals surface area contributed by atoms with Gasteiger partial charge in [-0.15, -0.1) is 0 Å². The van der Waals surface area contributed by atoms with Crippen LogP contribution in [0.1, 0.15) is 59.4 Å². The van der Waals surface area contributed by atoms with Gasteiger partial charge in [-0.2, -0.15) is 0 Å². The number of carbonyl (C=O) groups excluding carboxylic acids is 3. The van der Waals surface area contributed by atoms with Gasteiger partial charge in [-0.25, -0.2) is 4.39 Å². The fraction of sp³-hybridized carbons (Fsp3) is 0.423. The van der Waals surface area contributed by atoms with Crippen LogP contribution in [0.5, 0.6) is 0 Å². The summed E-state index contributed by atoms with van der Waals surface area (Å²) in [5.41, 5.74) is 1.42. The van der Waals surface area contributed by atoms with Crippen LogP contribution in [-0.4, -0.2) is 47.8 Å². The zero-order chi connectivity index (χ0) is 24.0. The first-order valence-electron chi connectivity index (χ1n) is 11.5. The lowest BCUT2D eigenvalue weighted by Crippen LogP contribution is -2.55. The van der Waals surface area contributed by atoms with Crippen LogP contribution < -0.4 is 10.6 Å². The maximum Gasteiger partial charge on any atom is 0.256 e. The number of nitrogens with zero attached hydrogens (tertiary/aromatic N) is 1. The first-order chi connectivity index (χ1) is 15.8. The Morgan fingerprint density at radius 3 is 2.21 bits per heavy atom. The Labute approximate surface area is 194 Å². The second-order valence-electron chi connectivity index (χ2n) is 8.69. The van der Waals surface area contributed by atoms with E-state index < -0.39 is 11.9 Å². The number of hydrogen-bond acceptors (Lipinski definition) is 3. The number of likely N-dealkylation sites (tertiary alicyclic amines) is 1. The highest BCUT2D eigenvalue weighted by Crippen LogP contribution is 2.24. The van der Waals surface area contributed by atoms with E-state index >= 15 is 0 Å². The fourth-order valence-electron chi connectivity index (χ4n) is 4.12. The van der Waals surface area contributed by atoms with Crippen molar-refractivity contribution in [1.29, 1.82) is 0 Å². The van der Waals surface area contributed by atoms with Crippen LogP contribution in [0.2, 0.25) is 0 Å². The third-order valence-corrected chi connectivity index (χ3v) is 6.36. The molecule has 3 rings (SSSR count). The number of amides is 3. The van der Waals surface area contributed by atoms with Crippen molar-refractivity contribution in [3.63, 3.8) is 0 Å². The molecule has 7 heteroatoms. The first-order valence-corrected chi connectivity index (χ1v) is 11.5. The van der Waals surface area contributed by atoms with Gasteiger partial charge in [0.2, 0.25) is 5.91 Å². The number of rotatable bonds is 7. The topological polar surface area (TPSA) is 78.5 Å². The maximum atomic E-state index is 14.1. The van der Waals surface area contributed by atoms with E-state index in [-0.39, 0.29) is 35.2 Å². The number of carbonyl (C=O) groups is 3. The molecule has 0 aliphatic carbocycles. The highest BCUT2D eigenvalue weighted by atomic mass is 19.1. The largest absolute Gasteiger partial charge is 0.352 e. The Bertz CT molecular complexity index is 1000. The van der Waals surface area contributed by atoms with E-state index in [0.29, 0.717) is 31.5 Å². The van der Waals surface area contributed by atoms with Crippen LogP contribution in [0.4, 0.5) is 4.39 Å². The van der Waals surface area contributed by atoms with Crippen molar-refractivity contribution >= 4 is 17.7 Å². The Morgan fingerprint density at radius 2 is 1.61 bits per heavy atom. The second-order valence-corrected chi connectivity index (χ2v) is 8.69. The standard InChI is InChI=1S/C26H32FN3O3/c1-4-18(3)28-25(32)23(29-24(31)20-10-6-5-9-17(20)2)19-13-15-30(16-14-19)26(33)21-11-7-8-12-22(21)27/h5-12,18-19,23H,4,13-16H2,1-3H3,(H,28,32)(H,29,31). The highest BCUT2D eigenvalue weighted by Gasteiger charge is 2.35. The summed E-state index contributed by atoms with van der Waals surface area (Å²) in [4.78, 5) is 40.4. The van der Waals surface area contributed by atoms with Crippen LogP contribution >= 0.6 is 0 Å². The van der Waals surface area contributed by atoms with Crippen molar-refractivity contribution in [3.8, 4) is 0 Å². The van der Waals surface area contributed by atoms with Gasteiger partial charge < -0.3 is 15.5 Å². The Balaban J connectivity index is 1.72. The number of aryl methyl sites for hydroxylation is 1. The lowest BCUT2D eigenvalue weighted by atomic mass is 9.88. The van der Waals surface area contributed by atoms with Crippen molar-refractivity contribution < 1.29 is 18.8 Å². The summed E-state index contributed by atoms with van der Waals surface area (Å²) in [7, 11) is 0. The summed E-state index contributed by atoms with van der Waals surface area (Å²) in [6, 6.07) is 12.5. The molecule has 2 unspecified atom stereocenters. The molecule has 1 saturated heterocycles. The van der Waals surface area contributed by atoms with Gasteiger partial charge in [-0.05, 0) is 62.8 Å². The van der Waals surface area contributed by atoms with Crippen LogP contribution in [0.3, 0.4) is 0 Å². The minimum atomic E-state index is -0.711. The van der Waals surface area contributed by atoms with E-state index in [4.69, 9.17) is 0 Å². The summed E-state index contributed by atoms with van der Waals surface area (Å²) in [5, 5.41) is 5.93. The van der Waals surface area contributed by atoms with Gasteiger partial charge in [0.15, 0.2) is 0 Å². The van der Waals surface area contributed by atoms with Gasteiger partial charge in [0.25, 0.3) is 11.8 Å². The van der Waals surface area contributed by atoms with E-state index in [0.717, 1.165) is 12.0 Å². The SMILES string of the molecule is CCC(C)NC(=O)C(NC(=O)c1ccccc1C)C1CCN(C(=O)c2ccccc2F)CC1. The summed E-state index contributed by atoms with van der Waals surface area (Å²) in [6.07, 6.45) is 1.85. The van der Waals surface area contributed by atoms with E-state index in [1.54, 1.807) is 29.2 Å². The monoisotopic (exact) mass is 453 g/mol. The van der Waals surface area contributed by atoms with Gasteiger partial charge >= 0.3 is 0 Å². The maximum absolute atomic E-state index is 14.1. The molecule has 0 saturated carbocycles. The fourth-order valence-corrected chi connectivity index (χ4v) is 4.12. The van der Waals surface area contributed by atoms with Crippen LogP contribution in [0.25, 0.3) is 0 Å². The van der Waals surface area contributed by atoms with Crippen molar-refractivity contribution in [3.05, 3.63) is 71.0 Å². The summed E-state index contributed by atoms with van der Waals surface area (Å²) in [6.45, 7) is 6.55. The molecule has 0 spiro atoms. The van der Waals surface area contributed by atoms with E-state index in [1.165, 1.54) is 12.1 Å². The highest BCUT2D eigenvalue weighted by molar-refractivity contribution is 5.99. The predicted molar refractivity (Wildman–Crippen MR) is 125 cm³/mol. The lowest BCUT2D eigenvalue weighted by Gasteiger charge is -2.36. The van der Waals surface area contributed by atoms with Crippen molar-refractivity contribution in [2.75, 3.05) is 13.1 Å². The number of hydrogen-bond donors (Lipinski definition) is 2. The minimum absolute atomic E-state index is 0.0157. The van der Waals surface area contributed by atoms with Crippen molar-refractivity contribution in [1.82, 2.24) is 15.5 Å². The van der Waals surface area contributed by atoms with Crippen molar-refractivity contribution in [2.45, 2.75) is 52.1 Å². The molecule has 0 radical (unpaired) electrons. The minimum Gasteiger partial charge on any atom is -0.352 e. The van der Waals surface area contributed by atoms with Gasteiger partial charge in [0.1, 0.15) is 11.9 Å². The van der Waals surface area contributed by atoms with Gasteiger partial charge in [-0.3, -0.25) is 14.4 Å². The molecule has 2 N–H and O–H groups in total. The Hall–Kier alpha value is -3.22. The van der Waals surface area contributed by atoms with E-state index in [9.17, 15) is 18.8 Å². The molecule has 6 nitrogen and oxygen atoms in total. The van der Waals surface area contributed by atoms with E-state index in [1.807, 2.05) is 32.9 Å². The lowest BCUT2D eigenvalue weighted by molar-refractivity contribution is -0.125. The molecule has 3 amide bonds. The quantitative estimate of drug-likeness (QED) is 0.671. The van der Waals surface area contributed by atoms with Crippen molar-refractivity contribution in [2.24, 2.45) is 5.92 Å². The van der Waals surface area contributed by atoms with Gasteiger partial charge in [-0.1, -0.05) is 37.3 Å². The third kappa shape index (κ3) is 5.97. The predicted octanol–water partition coefficient (Wildman–Crippen LogP) is 3.70. The van der Waals surface area contributed by atoms with Crippen LogP contribution in [0, 0.1) is 18.7 Å². The summed E-state index contributed by atoms with van der Waals surface area (Å²) >= 11 is 0. The zero-order valence-electron chi connectivity index (χ0n) is 19.4. The molecule has 2 aromatic rings. The zero-order valence-corrected chi connectivity index (χ0v) is 19.4. The molecule has 176 valence electrons. The van der Waals surface area contributed by atoms with Crippen LogP contribution in [0.15, 0.2) is 48.5 Å². The summed E-state index contributed by atoms with van der Waals surface area (Å²) < 4.78 is 14.1. The third-order valence-electron chi connectivity index (χ3n) is 6.36. The molecule has 0 bridgehead atoms.